The fraction of sp³-hybridized carbons (Fsp3) is 0. The van der Waals surface area contributed by atoms with Gasteiger partial charge in [0.2, 0.25) is 0 Å². The molecule has 0 N–H and O–H groups in total. The van der Waals surface area contributed by atoms with Gasteiger partial charge in [0.15, 0.2) is 0 Å². The molecule has 0 unspecified atom stereocenters. The molecule has 1 nitrogen and oxygen atoms in total. The molecule has 2 heteroatoms. The van der Waals surface area contributed by atoms with Crippen LogP contribution in [0.2, 0.25) is 0 Å². The number of hydrogen-bond donors (Lipinski definition) is 0. The molecule has 0 saturated heterocycles. The maximum Gasteiger partial charge on any atom is 0.118 e. The van der Waals surface area contributed by atoms with Crippen LogP contribution in [0.25, 0.3) is 16.5 Å². The van der Waals surface area contributed by atoms with Crippen molar-refractivity contribution in [3.05, 3.63) is 71.5 Å². The van der Waals surface area contributed by atoms with Crippen molar-refractivity contribution in [1.29, 1.82) is 0 Å². The standard InChI is InChI=1S/C15H11NS/c17-15-14-9-5-4-6-12(14)10-11-16(15)13-7-2-1-3-8-13/h1-11H. The molecule has 3 rings (SSSR count). The lowest BCUT2D eigenvalue weighted by Crippen LogP contribution is -1.96. The Balaban J connectivity index is 2.33. The molecule has 1 aromatic heterocycles. The summed E-state index contributed by atoms with van der Waals surface area (Å²) in [4.78, 5) is 0. The minimum absolute atomic E-state index is 0.856. The number of rotatable bonds is 1. The number of aromatic nitrogens is 1. The van der Waals surface area contributed by atoms with Crippen LogP contribution in [0.1, 0.15) is 0 Å². The summed E-state index contributed by atoms with van der Waals surface area (Å²) in [6, 6.07) is 20.5. The van der Waals surface area contributed by atoms with E-state index in [4.69, 9.17) is 12.2 Å². The van der Waals surface area contributed by atoms with Crippen molar-refractivity contribution in [2.75, 3.05) is 0 Å². The number of benzene rings is 2. The lowest BCUT2D eigenvalue weighted by Gasteiger charge is -2.08. The number of pyridine rings is 1. The van der Waals surface area contributed by atoms with E-state index in [0.29, 0.717) is 0 Å². The first-order valence-electron chi connectivity index (χ1n) is 5.52. The molecule has 0 amide bonds. The minimum atomic E-state index is 0.856. The van der Waals surface area contributed by atoms with Gasteiger partial charge in [0, 0.05) is 17.3 Å². The molecule has 3 aromatic rings. The van der Waals surface area contributed by atoms with Gasteiger partial charge in [-0.2, -0.15) is 0 Å². The van der Waals surface area contributed by atoms with Crippen molar-refractivity contribution in [2.45, 2.75) is 0 Å². The van der Waals surface area contributed by atoms with E-state index >= 15 is 0 Å². The Hall–Kier alpha value is -1.93. The van der Waals surface area contributed by atoms with E-state index in [1.54, 1.807) is 0 Å². The Bertz CT molecular complexity index is 714. The molecule has 0 saturated carbocycles. The maximum atomic E-state index is 5.54. The Labute approximate surface area is 105 Å². The molecule has 82 valence electrons. The fourth-order valence-corrected chi connectivity index (χ4v) is 2.33. The molecule has 17 heavy (non-hydrogen) atoms. The molecular weight excluding hydrogens is 226 g/mol. The van der Waals surface area contributed by atoms with Crippen molar-refractivity contribution in [1.82, 2.24) is 4.57 Å². The van der Waals surface area contributed by atoms with Gasteiger partial charge in [-0.25, -0.2) is 0 Å². The summed E-state index contributed by atoms with van der Waals surface area (Å²) < 4.78 is 2.90. The van der Waals surface area contributed by atoms with Crippen LogP contribution in [-0.4, -0.2) is 4.57 Å². The molecule has 0 aliphatic heterocycles. The first-order valence-corrected chi connectivity index (χ1v) is 5.93. The SMILES string of the molecule is S=c1c2ccccc2ccn1-c1ccccc1. The summed E-state index contributed by atoms with van der Waals surface area (Å²) in [7, 11) is 0. The zero-order valence-electron chi connectivity index (χ0n) is 9.21. The Morgan fingerprint density at radius 3 is 2.29 bits per heavy atom. The zero-order valence-corrected chi connectivity index (χ0v) is 10.0. The van der Waals surface area contributed by atoms with E-state index in [1.807, 2.05) is 41.1 Å². The summed E-state index contributed by atoms with van der Waals surface area (Å²) in [5.74, 6) is 0. The fourth-order valence-electron chi connectivity index (χ4n) is 1.98. The molecule has 0 aliphatic rings. The van der Waals surface area contributed by atoms with Gasteiger partial charge in [-0.3, -0.25) is 0 Å². The van der Waals surface area contributed by atoms with Crippen molar-refractivity contribution in [2.24, 2.45) is 0 Å². The van der Waals surface area contributed by atoms with E-state index in [9.17, 15) is 0 Å². The van der Waals surface area contributed by atoms with Gasteiger partial charge < -0.3 is 4.57 Å². The van der Waals surface area contributed by atoms with E-state index in [-0.39, 0.29) is 0 Å². The minimum Gasteiger partial charge on any atom is -0.308 e. The highest BCUT2D eigenvalue weighted by Gasteiger charge is 1.99. The summed E-state index contributed by atoms with van der Waals surface area (Å²) in [6.07, 6.45) is 2.03. The van der Waals surface area contributed by atoms with Crippen molar-refractivity contribution >= 4 is 23.0 Å². The van der Waals surface area contributed by atoms with E-state index in [0.717, 1.165) is 15.7 Å². The molecule has 0 radical (unpaired) electrons. The van der Waals surface area contributed by atoms with Gasteiger partial charge in [-0.1, -0.05) is 54.7 Å². The first-order chi connectivity index (χ1) is 8.36. The normalized spacial score (nSPS) is 10.6. The summed E-state index contributed by atoms with van der Waals surface area (Å²) in [6.45, 7) is 0. The third-order valence-corrected chi connectivity index (χ3v) is 3.26. The third-order valence-electron chi connectivity index (χ3n) is 2.85. The van der Waals surface area contributed by atoms with Gasteiger partial charge in [0.1, 0.15) is 4.64 Å². The highest BCUT2D eigenvalue weighted by atomic mass is 32.1. The van der Waals surface area contributed by atoms with Gasteiger partial charge in [-0.05, 0) is 23.6 Å². The van der Waals surface area contributed by atoms with Gasteiger partial charge in [-0.15, -0.1) is 0 Å². The Morgan fingerprint density at radius 2 is 1.47 bits per heavy atom. The largest absolute Gasteiger partial charge is 0.308 e. The molecule has 0 fully saturated rings. The third kappa shape index (κ3) is 1.77. The van der Waals surface area contributed by atoms with Crippen LogP contribution >= 0.6 is 12.2 Å². The van der Waals surface area contributed by atoms with Crippen molar-refractivity contribution in [3.63, 3.8) is 0 Å². The van der Waals surface area contributed by atoms with Crippen molar-refractivity contribution in [3.8, 4) is 5.69 Å². The van der Waals surface area contributed by atoms with Gasteiger partial charge >= 0.3 is 0 Å². The van der Waals surface area contributed by atoms with Crippen LogP contribution in [-0.2, 0) is 0 Å². The first kappa shape index (κ1) is 10.2. The van der Waals surface area contributed by atoms with E-state index in [1.165, 1.54) is 5.39 Å². The highest BCUT2D eigenvalue weighted by Crippen LogP contribution is 2.18. The molecule has 0 spiro atoms. The molecule has 0 bridgehead atoms. The van der Waals surface area contributed by atoms with Crippen LogP contribution in [0.4, 0.5) is 0 Å². The average Bonchev–Trinajstić information content (AvgIpc) is 2.40. The number of hydrogen-bond acceptors (Lipinski definition) is 1. The predicted octanol–water partition coefficient (Wildman–Crippen LogP) is 4.36. The second-order valence-electron chi connectivity index (χ2n) is 3.91. The summed E-state index contributed by atoms with van der Waals surface area (Å²) in [5, 5.41) is 2.30. The van der Waals surface area contributed by atoms with Gasteiger partial charge in [0.25, 0.3) is 0 Å². The van der Waals surface area contributed by atoms with Crippen LogP contribution < -0.4 is 0 Å². The quantitative estimate of drug-likeness (QED) is 0.569. The zero-order chi connectivity index (χ0) is 11.7. The second kappa shape index (κ2) is 4.15. The molecular formula is C15H11NS. The van der Waals surface area contributed by atoms with Crippen molar-refractivity contribution < 1.29 is 0 Å². The Morgan fingerprint density at radius 1 is 0.765 bits per heavy atom. The Kier molecular flexibility index (Phi) is 2.50. The lowest BCUT2D eigenvalue weighted by atomic mass is 10.2. The second-order valence-corrected chi connectivity index (χ2v) is 4.30. The average molecular weight is 237 g/mol. The van der Waals surface area contributed by atoms with Crippen LogP contribution in [0.5, 0.6) is 0 Å². The van der Waals surface area contributed by atoms with Gasteiger partial charge in [0.05, 0.1) is 0 Å². The molecule has 0 atom stereocenters. The molecule has 2 aromatic carbocycles. The smallest absolute Gasteiger partial charge is 0.118 e. The van der Waals surface area contributed by atoms with E-state index in [2.05, 4.69) is 30.3 Å². The number of para-hydroxylation sites is 1. The maximum absolute atomic E-state index is 5.54. The lowest BCUT2D eigenvalue weighted by molar-refractivity contribution is 1.04. The molecule has 1 heterocycles. The number of nitrogens with zero attached hydrogens (tertiary/aromatic N) is 1. The highest BCUT2D eigenvalue weighted by molar-refractivity contribution is 7.71. The van der Waals surface area contributed by atoms with E-state index < -0.39 is 0 Å². The number of fused-ring (bicyclic) bond motifs is 1. The van der Waals surface area contributed by atoms with Crippen LogP contribution in [0, 0.1) is 4.64 Å². The summed E-state index contributed by atoms with van der Waals surface area (Å²) in [5.41, 5.74) is 1.10. The monoisotopic (exact) mass is 237 g/mol. The van der Waals surface area contributed by atoms with Crippen LogP contribution in [0.15, 0.2) is 66.9 Å². The molecule has 0 aliphatic carbocycles. The summed E-state index contributed by atoms with van der Waals surface area (Å²) >= 11 is 5.54. The predicted molar refractivity (Wildman–Crippen MR) is 74.1 cm³/mol. The van der Waals surface area contributed by atoms with Crippen LogP contribution in [0.3, 0.4) is 0 Å². The topological polar surface area (TPSA) is 4.93 Å².